The summed E-state index contributed by atoms with van der Waals surface area (Å²) in [6.45, 7) is 8.48. The number of halogens is 3. The minimum absolute atomic E-state index is 0.000946. The number of alkyl halides is 3. The van der Waals surface area contributed by atoms with Crippen molar-refractivity contribution in [3.05, 3.63) is 29.3 Å². The van der Waals surface area contributed by atoms with Crippen molar-refractivity contribution < 1.29 is 13.2 Å². The third-order valence-electron chi connectivity index (χ3n) is 3.77. The van der Waals surface area contributed by atoms with Crippen LogP contribution in [0.25, 0.3) is 0 Å². The molecule has 0 amide bonds. The molecule has 0 aliphatic carbocycles. The summed E-state index contributed by atoms with van der Waals surface area (Å²) < 4.78 is 39.1. The van der Waals surface area contributed by atoms with Crippen LogP contribution in [0.15, 0.2) is 18.2 Å². The maximum absolute atomic E-state index is 13.0. The molecule has 2 nitrogen and oxygen atoms in total. The van der Waals surface area contributed by atoms with Crippen molar-refractivity contribution in [1.29, 1.82) is 0 Å². The van der Waals surface area contributed by atoms with Crippen molar-refractivity contribution >= 4 is 5.69 Å². The van der Waals surface area contributed by atoms with Crippen LogP contribution >= 0.6 is 0 Å². The second kappa shape index (κ2) is 5.64. The van der Waals surface area contributed by atoms with Crippen molar-refractivity contribution in [3.8, 4) is 0 Å². The molecule has 1 unspecified atom stereocenters. The lowest BCUT2D eigenvalue weighted by Crippen LogP contribution is -2.39. The summed E-state index contributed by atoms with van der Waals surface area (Å²) in [6, 6.07) is 4.14. The van der Waals surface area contributed by atoms with Gasteiger partial charge >= 0.3 is 6.18 Å². The van der Waals surface area contributed by atoms with Crippen molar-refractivity contribution in [2.24, 2.45) is 5.41 Å². The fourth-order valence-corrected chi connectivity index (χ4v) is 2.06. The third-order valence-corrected chi connectivity index (χ3v) is 3.77. The van der Waals surface area contributed by atoms with Crippen molar-refractivity contribution in [1.82, 2.24) is 4.90 Å². The smallest absolute Gasteiger partial charge is 0.399 e. The van der Waals surface area contributed by atoms with E-state index >= 15 is 0 Å². The first-order valence-electron chi connectivity index (χ1n) is 6.58. The number of nitrogens with two attached hydrogens (primary N) is 1. The molecule has 0 aliphatic heterocycles. The number of rotatable bonds is 3. The molecular weight excluding hydrogens is 265 g/mol. The third kappa shape index (κ3) is 4.13. The van der Waals surface area contributed by atoms with E-state index in [0.717, 1.165) is 6.07 Å². The Morgan fingerprint density at radius 2 is 1.75 bits per heavy atom. The zero-order valence-electron chi connectivity index (χ0n) is 12.7. The first-order chi connectivity index (χ1) is 8.93. The first-order valence-corrected chi connectivity index (χ1v) is 6.58. The maximum Gasteiger partial charge on any atom is 0.416 e. The molecule has 1 aromatic rings. The fourth-order valence-electron chi connectivity index (χ4n) is 2.06. The van der Waals surface area contributed by atoms with Gasteiger partial charge in [0.1, 0.15) is 0 Å². The summed E-state index contributed by atoms with van der Waals surface area (Å²) in [6.07, 6.45) is -4.38. The van der Waals surface area contributed by atoms with Crippen LogP contribution in [0.2, 0.25) is 0 Å². The summed E-state index contributed by atoms with van der Waals surface area (Å²) in [5, 5.41) is 0. The van der Waals surface area contributed by atoms with E-state index in [1.54, 1.807) is 0 Å². The van der Waals surface area contributed by atoms with Gasteiger partial charge in [-0.1, -0.05) is 26.8 Å². The number of nitrogens with zero attached hydrogens (tertiary/aromatic N) is 1. The summed E-state index contributed by atoms with van der Waals surface area (Å²) in [5.74, 6) is 0. The quantitative estimate of drug-likeness (QED) is 0.846. The molecule has 2 N–H and O–H groups in total. The van der Waals surface area contributed by atoms with Gasteiger partial charge in [-0.25, -0.2) is 0 Å². The Morgan fingerprint density at radius 3 is 2.20 bits per heavy atom. The van der Waals surface area contributed by atoms with E-state index in [1.807, 2.05) is 18.9 Å². The number of hydrogen-bond donors (Lipinski definition) is 1. The average molecular weight is 288 g/mol. The molecule has 1 rings (SSSR count). The molecule has 0 saturated heterocycles. The van der Waals surface area contributed by atoms with Crippen LogP contribution in [0, 0.1) is 5.41 Å². The van der Waals surface area contributed by atoms with Crippen molar-refractivity contribution in [3.63, 3.8) is 0 Å². The molecule has 1 atom stereocenters. The minimum atomic E-state index is -4.38. The Bertz CT molecular complexity index is 461. The highest BCUT2D eigenvalue weighted by atomic mass is 19.4. The lowest BCUT2D eigenvalue weighted by Gasteiger charge is -2.35. The largest absolute Gasteiger partial charge is 0.416 e. The lowest BCUT2D eigenvalue weighted by atomic mass is 9.87. The van der Waals surface area contributed by atoms with E-state index in [0.29, 0.717) is 0 Å². The highest BCUT2D eigenvalue weighted by molar-refractivity contribution is 5.46. The highest BCUT2D eigenvalue weighted by Crippen LogP contribution is 2.34. The van der Waals surface area contributed by atoms with Gasteiger partial charge in [-0.3, -0.25) is 4.90 Å². The van der Waals surface area contributed by atoms with E-state index in [2.05, 4.69) is 20.8 Å². The van der Waals surface area contributed by atoms with Gasteiger partial charge in [-0.05, 0) is 37.1 Å². The standard InChI is InChI=1S/C15H23F3N2/c1-10(14(2,3)4)20(5)9-11-6-7-12(19)8-13(11)15(16,17)18/h6-8,10H,9,19H2,1-5H3. The zero-order valence-corrected chi connectivity index (χ0v) is 12.7. The van der Waals surface area contributed by atoms with E-state index in [4.69, 9.17) is 5.73 Å². The summed E-state index contributed by atoms with van der Waals surface area (Å²) in [4.78, 5) is 1.93. The van der Waals surface area contributed by atoms with Gasteiger partial charge in [-0.15, -0.1) is 0 Å². The Kier molecular flexibility index (Phi) is 4.74. The predicted molar refractivity (Wildman–Crippen MR) is 76.2 cm³/mol. The summed E-state index contributed by atoms with van der Waals surface area (Å²) >= 11 is 0. The SMILES string of the molecule is CC(N(C)Cc1ccc(N)cc1C(F)(F)F)C(C)(C)C. The van der Waals surface area contributed by atoms with E-state index in [9.17, 15) is 13.2 Å². The normalized spacial score (nSPS) is 14.7. The number of hydrogen-bond acceptors (Lipinski definition) is 2. The van der Waals surface area contributed by atoms with Crippen LogP contribution in [0.5, 0.6) is 0 Å². The number of anilines is 1. The number of benzene rings is 1. The van der Waals surface area contributed by atoms with Crippen LogP contribution in [0.4, 0.5) is 18.9 Å². The Balaban J connectivity index is 3.04. The topological polar surface area (TPSA) is 29.3 Å². The van der Waals surface area contributed by atoms with Gasteiger partial charge in [0, 0.05) is 18.3 Å². The molecule has 0 aliphatic rings. The Morgan fingerprint density at radius 1 is 1.20 bits per heavy atom. The van der Waals surface area contributed by atoms with Crippen LogP contribution in [-0.2, 0) is 12.7 Å². The van der Waals surface area contributed by atoms with Crippen molar-refractivity contribution in [2.75, 3.05) is 12.8 Å². The van der Waals surface area contributed by atoms with Gasteiger partial charge in [0.05, 0.1) is 5.56 Å². The van der Waals surface area contributed by atoms with Crippen LogP contribution in [0.1, 0.15) is 38.8 Å². The highest BCUT2D eigenvalue weighted by Gasteiger charge is 2.34. The van der Waals surface area contributed by atoms with Crippen LogP contribution in [-0.4, -0.2) is 18.0 Å². The molecule has 0 radical (unpaired) electrons. The fraction of sp³-hybridized carbons (Fsp3) is 0.600. The van der Waals surface area contributed by atoms with Gasteiger partial charge in [0.2, 0.25) is 0 Å². The molecule has 0 spiro atoms. The second-order valence-corrected chi connectivity index (χ2v) is 6.37. The van der Waals surface area contributed by atoms with Gasteiger partial charge in [0.25, 0.3) is 0 Å². The van der Waals surface area contributed by atoms with Gasteiger partial charge < -0.3 is 5.73 Å². The molecule has 5 heteroatoms. The molecule has 1 aromatic carbocycles. The Labute approximate surface area is 118 Å². The number of nitrogen functional groups attached to an aromatic ring is 1. The minimum Gasteiger partial charge on any atom is -0.399 e. The molecule has 0 heterocycles. The molecule has 20 heavy (non-hydrogen) atoms. The van der Waals surface area contributed by atoms with Crippen molar-refractivity contribution in [2.45, 2.75) is 46.5 Å². The second-order valence-electron chi connectivity index (χ2n) is 6.37. The molecule has 0 bridgehead atoms. The van der Waals surface area contributed by atoms with Gasteiger partial charge in [0.15, 0.2) is 0 Å². The molecular formula is C15H23F3N2. The van der Waals surface area contributed by atoms with Crippen LogP contribution in [0.3, 0.4) is 0 Å². The summed E-state index contributed by atoms with van der Waals surface area (Å²) in [5.41, 5.74) is 5.21. The van der Waals surface area contributed by atoms with E-state index in [-0.39, 0.29) is 29.3 Å². The molecule has 0 aromatic heterocycles. The first kappa shape index (κ1) is 16.8. The molecule has 0 fully saturated rings. The van der Waals surface area contributed by atoms with Gasteiger partial charge in [-0.2, -0.15) is 13.2 Å². The molecule has 114 valence electrons. The van der Waals surface area contributed by atoms with E-state index < -0.39 is 11.7 Å². The monoisotopic (exact) mass is 288 g/mol. The summed E-state index contributed by atoms with van der Waals surface area (Å²) in [7, 11) is 1.84. The lowest BCUT2D eigenvalue weighted by molar-refractivity contribution is -0.138. The zero-order chi connectivity index (χ0) is 15.7. The Hall–Kier alpha value is -1.23. The predicted octanol–water partition coefficient (Wildman–Crippen LogP) is 4.15. The average Bonchev–Trinajstić information content (AvgIpc) is 2.27. The van der Waals surface area contributed by atoms with E-state index in [1.165, 1.54) is 12.1 Å². The molecule has 0 saturated carbocycles. The van der Waals surface area contributed by atoms with Crippen LogP contribution < -0.4 is 5.73 Å². The maximum atomic E-state index is 13.0.